The van der Waals surface area contributed by atoms with Crippen molar-refractivity contribution in [1.82, 2.24) is 5.32 Å². The van der Waals surface area contributed by atoms with Crippen molar-refractivity contribution in [1.29, 1.82) is 0 Å². The molecule has 0 aromatic carbocycles. The minimum Gasteiger partial charge on any atom is -0.389 e. The zero-order chi connectivity index (χ0) is 16.3. The molecule has 1 unspecified atom stereocenters. The second kappa shape index (κ2) is 11.2. The van der Waals surface area contributed by atoms with E-state index in [2.05, 4.69) is 53.4 Å². The monoisotopic (exact) mass is 295 g/mol. The van der Waals surface area contributed by atoms with Gasteiger partial charge in [0, 0.05) is 12.2 Å². The summed E-state index contributed by atoms with van der Waals surface area (Å²) < 4.78 is 0. The zero-order valence-corrected chi connectivity index (χ0v) is 15.7. The predicted octanol–water partition coefficient (Wildman–Crippen LogP) is 6.55. The van der Waals surface area contributed by atoms with Crippen LogP contribution < -0.4 is 5.32 Å². The van der Waals surface area contributed by atoms with Gasteiger partial charge in [-0.1, -0.05) is 80.2 Å². The molecule has 0 heterocycles. The molecule has 0 radical (unpaired) electrons. The second-order valence-corrected chi connectivity index (χ2v) is 7.63. The van der Waals surface area contributed by atoms with Crippen molar-refractivity contribution in [2.45, 2.75) is 92.9 Å². The largest absolute Gasteiger partial charge is 0.389 e. The average Bonchev–Trinajstić information content (AvgIpc) is 2.44. The zero-order valence-electron chi connectivity index (χ0n) is 15.7. The summed E-state index contributed by atoms with van der Waals surface area (Å²) in [5.41, 5.74) is 1.68. The molecule has 1 nitrogen and oxygen atoms in total. The van der Waals surface area contributed by atoms with Gasteiger partial charge in [-0.05, 0) is 36.5 Å². The van der Waals surface area contributed by atoms with Gasteiger partial charge in [-0.3, -0.25) is 0 Å². The van der Waals surface area contributed by atoms with Crippen LogP contribution >= 0.6 is 0 Å². The van der Waals surface area contributed by atoms with Crippen LogP contribution in [0.5, 0.6) is 0 Å². The van der Waals surface area contributed by atoms with Crippen LogP contribution in [0.3, 0.4) is 0 Å². The van der Waals surface area contributed by atoms with Gasteiger partial charge in [0.2, 0.25) is 0 Å². The number of unbranched alkanes of at least 4 members (excludes halogenated alkanes) is 4. The Morgan fingerprint density at radius 3 is 2.10 bits per heavy atom. The highest BCUT2D eigenvalue weighted by molar-refractivity contribution is 4.88. The SMILES string of the molecule is C=C(CC)NCCCCCCCC(C(C)C)C(C)(C)CC. The normalized spacial score (nSPS) is 13.5. The fourth-order valence-electron chi connectivity index (χ4n) is 3.30. The van der Waals surface area contributed by atoms with Crippen molar-refractivity contribution in [3.63, 3.8) is 0 Å². The van der Waals surface area contributed by atoms with Gasteiger partial charge in [0.1, 0.15) is 0 Å². The average molecular weight is 296 g/mol. The lowest BCUT2D eigenvalue weighted by molar-refractivity contribution is 0.135. The number of allylic oxidation sites excluding steroid dienone is 1. The highest BCUT2D eigenvalue weighted by Gasteiger charge is 2.29. The van der Waals surface area contributed by atoms with Crippen LogP contribution in [0.2, 0.25) is 0 Å². The Morgan fingerprint density at radius 1 is 1.00 bits per heavy atom. The van der Waals surface area contributed by atoms with Crippen LogP contribution in [-0.4, -0.2) is 6.54 Å². The number of hydrogen-bond donors (Lipinski definition) is 1. The van der Waals surface area contributed by atoms with Crippen molar-refractivity contribution < 1.29 is 0 Å². The molecular formula is C20H41N. The molecule has 0 saturated heterocycles. The first kappa shape index (κ1) is 20.5. The summed E-state index contributed by atoms with van der Waals surface area (Å²) in [5, 5.41) is 3.39. The van der Waals surface area contributed by atoms with Gasteiger partial charge in [-0.25, -0.2) is 0 Å². The molecule has 1 N–H and O–H groups in total. The van der Waals surface area contributed by atoms with Gasteiger partial charge in [-0.2, -0.15) is 0 Å². The third-order valence-electron chi connectivity index (χ3n) is 5.21. The summed E-state index contributed by atoms with van der Waals surface area (Å²) in [6.45, 7) is 19.3. The van der Waals surface area contributed by atoms with Crippen LogP contribution in [-0.2, 0) is 0 Å². The lowest BCUT2D eigenvalue weighted by Crippen LogP contribution is -2.27. The van der Waals surface area contributed by atoms with Crippen molar-refractivity contribution >= 4 is 0 Å². The first-order valence-electron chi connectivity index (χ1n) is 9.26. The Bertz CT molecular complexity index is 265. The van der Waals surface area contributed by atoms with Crippen LogP contribution in [0.1, 0.15) is 92.9 Å². The number of nitrogens with one attached hydrogen (secondary N) is 1. The molecule has 0 spiro atoms. The maximum absolute atomic E-state index is 3.98. The number of rotatable bonds is 13. The molecule has 0 aromatic heterocycles. The van der Waals surface area contributed by atoms with Gasteiger partial charge in [0.15, 0.2) is 0 Å². The van der Waals surface area contributed by atoms with Crippen LogP contribution in [0.15, 0.2) is 12.3 Å². The molecular weight excluding hydrogens is 254 g/mol. The molecule has 0 amide bonds. The molecule has 1 atom stereocenters. The Balaban J connectivity index is 3.71. The molecule has 0 aromatic rings. The van der Waals surface area contributed by atoms with Crippen LogP contribution in [0.25, 0.3) is 0 Å². The Labute approximate surface area is 135 Å². The highest BCUT2D eigenvalue weighted by Crippen LogP contribution is 2.39. The van der Waals surface area contributed by atoms with Gasteiger partial charge < -0.3 is 5.32 Å². The smallest absolute Gasteiger partial charge is 0.0143 e. The first-order valence-corrected chi connectivity index (χ1v) is 9.26. The molecule has 0 fully saturated rings. The van der Waals surface area contributed by atoms with Gasteiger partial charge in [-0.15, -0.1) is 0 Å². The van der Waals surface area contributed by atoms with Gasteiger partial charge >= 0.3 is 0 Å². The first-order chi connectivity index (χ1) is 9.85. The van der Waals surface area contributed by atoms with Crippen molar-refractivity contribution in [2.24, 2.45) is 17.3 Å². The topological polar surface area (TPSA) is 12.0 Å². The van der Waals surface area contributed by atoms with E-state index in [9.17, 15) is 0 Å². The lowest BCUT2D eigenvalue weighted by atomic mass is 9.69. The van der Waals surface area contributed by atoms with E-state index in [1.165, 1.54) is 50.6 Å². The van der Waals surface area contributed by atoms with Crippen molar-refractivity contribution in [2.75, 3.05) is 6.54 Å². The van der Waals surface area contributed by atoms with Gasteiger partial charge in [0.05, 0.1) is 0 Å². The van der Waals surface area contributed by atoms with Crippen LogP contribution in [0.4, 0.5) is 0 Å². The summed E-state index contributed by atoms with van der Waals surface area (Å²) in [5.74, 6) is 1.68. The molecule has 0 saturated carbocycles. The van der Waals surface area contributed by atoms with E-state index in [0.29, 0.717) is 5.41 Å². The van der Waals surface area contributed by atoms with Crippen molar-refractivity contribution in [3.05, 3.63) is 12.3 Å². The van der Waals surface area contributed by atoms with E-state index in [4.69, 9.17) is 0 Å². The molecule has 1 heteroatoms. The number of hydrogen-bond acceptors (Lipinski definition) is 1. The lowest BCUT2D eigenvalue weighted by Gasteiger charge is -2.36. The molecule has 0 aliphatic heterocycles. The van der Waals surface area contributed by atoms with E-state index in [0.717, 1.165) is 24.8 Å². The minimum atomic E-state index is 0.499. The van der Waals surface area contributed by atoms with Crippen molar-refractivity contribution in [3.8, 4) is 0 Å². The minimum absolute atomic E-state index is 0.499. The Hall–Kier alpha value is -0.460. The van der Waals surface area contributed by atoms with E-state index < -0.39 is 0 Å². The highest BCUT2D eigenvalue weighted by atomic mass is 14.9. The van der Waals surface area contributed by atoms with E-state index in [1.807, 2.05) is 0 Å². The Kier molecular flexibility index (Phi) is 10.9. The molecule has 0 aliphatic rings. The molecule has 0 rings (SSSR count). The fourth-order valence-corrected chi connectivity index (χ4v) is 3.30. The third kappa shape index (κ3) is 9.22. The van der Waals surface area contributed by atoms with E-state index in [1.54, 1.807) is 0 Å². The summed E-state index contributed by atoms with van der Waals surface area (Å²) in [4.78, 5) is 0. The van der Waals surface area contributed by atoms with E-state index >= 15 is 0 Å². The standard InChI is InChI=1S/C20H41N/c1-8-18(5)21-16-14-12-10-11-13-15-19(17(3)4)20(6,7)9-2/h17,19,21H,5,8-16H2,1-4,6-7H3. The quantitative estimate of drug-likeness (QED) is 0.380. The summed E-state index contributed by atoms with van der Waals surface area (Å²) in [6, 6.07) is 0. The maximum atomic E-state index is 3.98. The molecule has 21 heavy (non-hydrogen) atoms. The fraction of sp³-hybridized carbons (Fsp3) is 0.900. The van der Waals surface area contributed by atoms with Gasteiger partial charge in [0.25, 0.3) is 0 Å². The summed E-state index contributed by atoms with van der Waals surface area (Å²) >= 11 is 0. The molecule has 0 aliphatic carbocycles. The predicted molar refractivity (Wildman–Crippen MR) is 97.5 cm³/mol. The Morgan fingerprint density at radius 2 is 1.57 bits per heavy atom. The summed E-state index contributed by atoms with van der Waals surface area (Å²) in [7, 11) is 0. The van der Waals surface area contributed by atoms with Crippen LogP contribution in [0, 0.1) is 17.3 Å². The maximum Gasteiger partial charge on any atom is 0.0143 e. The molecule has 0 bridgehead atoms. The van der Waals surface area contributed by atoms with E-state index in [-0.39, 0.29) is 0 Å². The molecule has 126 valence electrons. The summed E-state index contributed by atoms with van der Waals surface area (Å²) in [6.07, 6.45) is 10.6. The second-order valence-electron chi connectivity index (χ2n) is 7.63. The third-order valence-corrected chi connectivity index (χ3v) is 5.21.